The van der Waals surface area contributed by atoms with Crippen molar-refractivity contribution in [3.8, 4) is 17.6 Å². The van der Waals surface area contributed by atoms with Gasteiger partial charge >= 0.3 is 0 Å². The Morgan fingerprint density at radius 2 is 1.79 bits per heavy atom. The first-order valence-corrected chi connectivity index (χ1v) is 5.51. The predicted octanol–water partition coefficient (Wildman–Crippen LogP) is 3.86. The topological polar surface area (TPSA) is 59.0 Å². The van der Waals surface area contributed by atoms with E-state index in [0.29, 0.717) is 5.02 Å². The molecule has 2 rings (SSSR count). The SMILES string of the molecule is N#Cc1cc(F)c(Oc2cc(Cl)ccc2N)c(F)c1. The summed E-state index contributed by atoms with van der Waals surface area (Å²) < 4.78 is 32.3. The fourth-order valence-corrected chi connectivity index (χ4v) is 1.59. The molecule has 2 aromatic carbocycles. The molecule has 96 valence electrons. The van der Waals surface area contributed by atoms with E-state index >= 15 is 0 Å². The van der Waals surface area contributed by atoms with Gasteiger partial charge in [-0.15, -0.1) is 0 Å². The lowest BCUT2D eigenvalue weighted by Crippen LogP contribution is -1.97. The van der Waals surface area contributed by atoms with E-state index in [1.165, 1.54) is 18.2 Å². The van der Waals surface area contributed by atoms with E-state index < -0.39 is 17.4 Å². The Morgan fingerprint density at radius 3 is 2.37 bits per heavy atom. The second-order valence-corrected chi connectivity index (χ2v) is 4.10. The smallest absolute Gasteiger partial charge is 0.198 e. The van der Waals surface area contributed by atoms with Gasteiger partial charge in [0.1, 0.15) is 0 Å². The van der Waals surface area contributed by atoms with Crippen molar-refractivity contribution < 1.29 is 13.5 Å². The maximum atomic E-state index is 13.6. The van der Waals surface area contributed by atoms with Gasteiger partial charge in [-0.3, -0.25) is 0 Å². The van der Waals surface area contributed by atoms with E-state index in [4.69, 9.17) is 27.3 Å². The standard InChI is InChI=1S/C13H7ClF2N2O/c14-8-1-2-11(18)12(5-8)19-13-9(15)3-7(6-17)4-10(13)16/h1-5H,18H2. The van der Waals surface area contributed by atoms with E-state index in [2.05, 4.69) is 0 Å². The van der Waals surface area contributed by atoms with Crippen LogP contribution in [-0.4, -0.2) is 0 Å². The first-order chi connectivity index (χ1) is 9.01. The van der Waals surface area contributed by atoms with Crippen molar-refractivity contribution in [1.82, 2.24) is 0 Å². The van der Waals surface area contributed by atoms with Crippen LogP contribution in [0.2, 0.25) is 5.02 Å². The second kappa shape index (κ2) is 5.12. The van der Waals surface area contributed by atoms with Crippen LogP contribution < -0.4 is 10.5 Å². The summed E-state index contributed by atoms with van der Waals surface area (Å²) in [6.07, 6.45) is 0. The summed E-state index contributed by atoms with van der Waals surface area (Å²) in [5, 5.41) is 8.90. The number of anilines is 1. The molecule has 0 aliphatic carbocycles. The average Bonchev–Trinajstić information content (AvgIpc) is 2.37. The molecule has 0 atom stereocenters. The number of nitriles is 1. The fourth-order valence-electron chi connectivity index (χ4n) is 1.43. The normalized spacial score (nSPS) is 10.0. The zero-order chi connectivity index (χ0) is 14.0. The van der Waals surface area contributed by atoms with Crippen molar-refractivity contribution in [2.75, 3.05) is 5.73 Å². The highest BCUT2D eigenvalue weighted by Gasteiger charge is 2.15. The molecule has 0 saturated carbocycles. The van der Waals surface area contributed by atoms with Crippen LogP contribution in [0.4, 0.5) is 14.5 Å². The molecular weight excluding hydrogens is 274 g/mol. The highest BCUT2D eigenvalue weighted by Crippen LogP contribution is 2.33. The third-order valence-corrected chi connectivity index (χ3v) is 2.55. The van der Waals surface area contributed by atoms with E-state index in [0.717, 1.165) is 12.1 Å². The van der Waals surface area contributed by atoms with Gasteiger partial charge in [0.25, 0.3) is 0 Å². The van der Waals surface area contributed by atoms with Gasteiger partial charge in [-0.25, -0.2) is 8.78 Å². The third kappa shape index (κ3) is 2.75. The minimum atomic E-state index is -0.990. The molecule has 2 aromatic rings. The van der Waals surface area contributed by atoms with Crippen molar-refractivity contribution in [1.29, 1.82) is 5.26 Å². The molecule has 0 unspecified atom stereocenters. The highest BCUT2D eigenvalue weighted by atomic mass is 35.5. The molecule has 0 aromatic heterocycles. The van der Waals surface area contributed by atoms with Crippen LogP contribution in [0.15, 0.2) is 30.3 Å². The Bertz CT molecular complexity index is 660. The molecule has 0 amide bonds. The highest BCUT2D eigenvalue weighted by molar-refractivity contribution is 6.30. The van der Waals surface area contributed by atoms with Gasteiger partial charge in [0, 0.05) is 11.1 Å². The number of hydrogen-bond donors (Lipinski definition) is 1. The van der Waals surface area contributed by atoms with Crippen LogP contribution >= 0.6 is 11.6 Å². The molecule has 0 bridgehead atoms. The molecule has 0 aliphatic heterocycles. The molecule has 6 heteroatoms. The Labute approximate surface area is 112 Å². The van der Waals surface area contributed by atoms with Crippen LogP contribution in [0.5, 0.6) is 11.5 Å². The Hall–Kier alpha value is -2.32. The van der Waals surface area contributed by atoms with Crippen molar-refractivity contribution in [2.45, 2.75) is 0 Å². The summed E-state index contributed by atoms with van der Waals surface area (Å²) >= 11 is 5.74. The van der Waals surface area contributed by atoms with E-state index in [1.807, 2.05) is 0 Å². The first-order valence-electron chi connectivity index (χ1n) is 5.13. The van der Waals surface area contributed by atoms with Crippen LogP contribution in [0.25, 0.3) is 0 Å². The summed E-state index contributed by atoms with van der Waals surface area (Å²) in [4.78, 5) is 0. The number of nitrogen functional groups attached to an aromatic ring is 1. The summed E-state index contributed by atoms with van der Waals surface area (Å²) in [7, 11) is 0. The largest absolute Gasteiger partial charge is 0.449 e. The fraction of sp³-hybridized carbons (Fsp3) is 0. The monoisotopic (exact) mass is 280 g/mol. The molecule has 19 heavy (non-hydrogen) atoms. The number of hydrogen-bond acceptors (Lipinski definition) is 3. The summed E-state index contributed by atoms with van der Waals surface area (Å²) in [5.74, 6) is -2.57. The lowest BCUT2D eigenvalue weighted by Gasteiger charge is -2.10. The molecule has 0 aliphatic rings. The second-order valence-electron chi connectivity index (χ2n) is 3.67. The minimum absolute atomic E-state index is 0.0370. The third-order valence-electron chi connectivity index (χ3n) is 2.32. The number of rotatable bonds is 2. The minimum Gasteiger partial charge on any atom is -0.449 e. The number of benzene rings is 2. The van der Waals surface area contributed by atoms with E-state index in [-0.39, 0.29) is 17.0 Å². The molecule has 0 fully saturated rings. The van der Waals surface area contributed by atoms with Crippen LogP contribution in [0, 0.1) is 23.0 Å². The lowest BCUT2D eigenvalue weighted by atomic mass is 10.2. The van der Waals surface area contributed by atoms with Gasteiger partial charge in [-0.2, -0.15) is 5.26 Å². The first kappa shape index (κ1) is 13.1. The van der Waals surface area contributed by atoms with Crippen molar-refractivity contribution in [2.24, 2.45) is 0 Å². The van der Waals surface area contributed by atoms with Crippen LogP contribution in [-0.2, 0) is 0 Å². The zero-order valence-corrected chi connectivity index (χ0v) is 10.2. The van der Waals surface area contributed by atoms with Gasteiger partial charge in [-0.1, -0.05) is 11.6 Å². The van der Waals surface area contributed by atoms with E-state index in [9.17, 15) is 8.78 Å². The lowest BCUT2D eigenvalue weighted by molar-refractivity contribution is 0.409. The quantitative estimate of drug-likeness (QED) is 0.850. The van der Waals surface area contributed by atoms with Gasteiger partial charge < -0.3 is 10.5 Å². The van der Waals surface area contributed by atoms with E-state index in [1.54, 1.807) is 6.07 Å². The number of nitrogens with two attached hydrogens (primary N) is 1. The Kier molecular flexibility index (Phi) is 3.54. The maximum absolute atomic E-state index is 13.6. The number of ether oxygens (including phenoxy) is 1. The van der Waals surface area contributed by atoms with Gasteiger partial charge in [0.05, 0.1) is 17.3 Å². The molecule has 0 heterocycles. The molecule has 0 radical (unpaired) electrons. The molecule has 3 nitrogen and oxygen atoms in total. The summed E-state index contributed by atoms with van der Waals surface area (Å²) in [6.45, 7) is 0. The maximum Gasteiger partial charge on any atom is 0.198 e. The summed E-state index contributed by atoms with van der Waals surface area (Å²) in [6, 6.07) is 7.71. The molecular formula is C13H7ClF2N2O. The average molecular weight is 281 g/mol. The number of nitrogens with zero attached hydrogens (tertiary/aromatic N) is 1. The predicted molar refractivity (Wildman–Crippen MR) is 67.0 cm³/mol. The van der Waals surface area contributed by atoms with Crippen molar-refractivity contribution >= 4 is 17.3 Å². The van der Waals surface area contributed by atoms with Crippen molar-refractivity contribution in [3.63, 3.8) is 0 Å². The van der Waals surface area contributed by atoms with Gasteiger partial charge in [0.2, 0.25) is 0 Å². The molecule has 0 saturated heterocycles. The Morgan fingerprint density at radius 1 is 1.16 bits per heavy atom. The van der Waals surface area contributed by atoms with Crippen LogP contribution in [0.3, 0.4) is 0 Å². The van der Waals surface area contributed by atoms with Gasteiger partial charge in [0.15, 0.2) is 23.1 Å². The summed E-state index contributed by atoms with van der Waals surface area (Å²) in [5.41, 5.74) is 5.66. The number of halogens is 3. The zero-order valence-electron chi connectivity index (χ0n) is 9.45. The Balaban J connectivity index is 2.44. The van der Waals surface area contributed by atoms with Crippen molar-refractivity contribution in [3.05, 3.63) is 52.6 Å². The van der Waals surface area contributed by atoms with Gasteiger partial charge in [-0.05, 0) is 24.3 Å². The van der Waals surface area contributed by atoms with Crippen LogP contribution in [0.1, 0.15) is 5.56 Å². The molecule has 2 N–H and O–H groups in total. The molecule has 0 spiro atoms.